The van der Waals surface area contributed by atoms with Crippen molar-refractivity contribution in [3.05, 3.63) is 0 Å². The summed E-state index contributed by atoms with van der Waals surface area (Å²) in [5, 5.41) is 63.9. The van der Waals surface area contributed by atoms with E-state index in [9.17, 15) is 44.9 Å². The number of phosphoric ester groups is 1. The fraction of sp³-hybridized carbons (Fsp3) is 0.974. The number of amides is 1. The topological polar surface area (TPSA) is 206 Å². The van der Waals surface area contributed by atoms with Crippen LogP contribution >= 0.6 is 7.82 Å². The summed E-state index contributed by atoms with van der Waals surface area (Å²) in [5.41, 5.74) is 0. The van der Waals surface area contributed by atoms with Gasteiger partial charge in [-0.25, -0.2) is 4.57 Å². The van der Waals surface area contributed by atoms with E-state index in [4.69, 9.17) is 9.05 Å². The minimum absolute atomic E-state index is 0.241. The molecule has 8 N–H and O–H groups in total. The minimum Gasteiger partial charge on any atom is -0.391 e. The summed E-state index contributed by atoms with van der Waals surface area (Å²) in [5.74, 6) is -0.309. The van der Waals surface area contributed by atoms with Crippen LogP contribution in [0.3, 0.4) is 0 Å². The highest BCUT2D eigenvalue weighted by atomic mass is 31.2. The lowest BCUT2D eigenvalue weighted by atomic mass is 9.85. The lowest BCUT2D eigenvalue weighted by Crippen LogP contribution is -2.64. The standard InChI is InChI=1S/C39H78NO11P/c1-3-5-7-9-11-13-15-16-17-18-19-20-22-24-26-28-32(41)31(40-33(42)29-27-25-23-21-14-12-10-8-6-4-2)30-50-52(48,49)51-39-37(46)35(44)34(43)36(45)38(39)47/h31-32,34-39,41,43-47H,3-30H2,1-2H3,(H,40,42)(H,48,49)/t31-,32+,34?,35+,36?,37?,38?,39?/m0/s1. The summed E-state index contributed by atoms with van der Waals surface area (Å²) in [6.07, 6.45) is 17.2. The number of nitrogens with one attached hydrogen (secondary N) is 1. The van der Waals surface area contributed by atoms with Gasteiger partial charge in [-0.15, -0.1) is 0 Å². The monoisotopic (exact) mass is 768 g/mol. The maximum atomic E-state index is 12.9. The summed E-state index contributed by atoms with van der Waals surface area (Å²) < 4.78 is 22.9. The van der Waals surface area contributed by atoms with Crippen molar-refractivity contribution in [3.8, 4) is 0 Å². The number of aliphatic hydroxyl groups is 6. The molecule has 0 aromatic carbocycles. The van der Waals surface area contributed by atoms with Gasteiger partial charge < -0.3 is 40.8 Å². The summed E-state index contributed by atoms with van der Waals surface area (Å²) in [6, 6.07) is -1.02. The third kappa shape index (κ3) is 22.7. The quantitative estimate of drug-likeness (QED) is 0.0255. The molecule has 13 heteroatoms. The molecular formula is C39H78NO11P. The first-order valence-electron chi connectivity index (χ1n) is 21.0. The third-order valence-electron chi connectivity index (χ3n) is 10.4. The summed E-state index contributed by atoms with van der Waals surface area (Å²) in [6.45, 7) is 3.85. The van der Waals surface area contributed by atoms with E-state index in [2.05, 4.69) is 19.2 Å². The number of hydrogen-bond donors (Lipinski definition) is 8. The van der Waals surface area contributed by atoms with Gasteiger partial charge in [0.05, 0.1) is 18.8 Å². The number of phosphoric acid groups is 1. The molecule has 0 aliphatic heterocycles. The molecule has 0 radical (unpaired) electrons. The first-order chi connectivity index (χ1) is 24.9. The largest absolute Gasteiger partial charge is 0.472 e. The van der Waals surface area contributed by atoms with Gasteiger partial charge in [0.25, 0.3) is 0 Å². The minimum atomic E-state index is -5.04. The van der Waals surface area contributed by atoms with Gasteiger partial charge in [0.2, 0.25) is 5.91 Å². The van der Waals surface area contributed by atoms with E-state index in [1.54, 1.807) is 0 Å². The Morgan fingerprint density at radius 2 is 0.923 bits per heavy atom. The van der Waals surface area contributed by atoms with Crippen molar-refractivity contribution in [2.45, 2.75) is 236 Å². The zero-order chi connectivity index (χ0) is 38.6. The number of aliphatic hydroxyl groups excluding tert-OH is 6. The second-order valence-electron chi connectivity index (χ2n) is 15.2. The van der Waals surface area contributed by atoms with Crippen molar-refractivity contribution in [3.63, 3.8) is 0 Å². The Labute approximate surface area is 315 Å². The molecular weight excluding hydrogens is 689 g/mol. The van der Waals surface area contributed by atoms with E-state index in [0.29, 0.717) is 19.3 Å². The molecule has 1 aliphatic rings. The predicted molar refractivity (Wildman–Crippen MR) is 205 cm³/mol. The fourth-order valence-electron chi connectivity index (χ4n) is 6.91. The van der Waals surface area contributed by atoms with E-state index in [1.165, 1.54) is 109 Å². The van der Waals surface area contributed by atoms with Crippen LogP contribution in [0.5, 0.6) is 0 Å². The van der Waals surface area contributed by atoms with Crippen LogP contribution in [0.2, 0.25) is 0 Å². The lowest BCUT2D eigenvalue weighted by Gasteiger charge is -2.41. The van der Waals surface area contributed by atoms with Gasteiger partial charge in [0.1, 0.15) is 36.6 Å². The number of carbonyl (C=O) groups is 1. The fourth-order valence-corrected chi connectivity index (χ4v) is 7.87. The molecule has 52 heavy (non-hydrogen) atoms. The molecule has 0 spiro atoms. The molecule has 0 aromatic rings. The molecule has 1 saturated carbocycles. The first kappa shape index (κ1) is 49.4. The number of rotatable bonds is 34. The van der Waals surface area contributed by atoms with Crippen LogP contribution in [0, 0.1) is 0 Å². The van der Waals surface area contributed by atoms with Crippen LogP contribution in [0.1, 0.15) is 187 Å². The molecule has 6 unspecified atom stereocenters. The highest BCUT2D eigenvalue weighted by Gasteiger charge is 2.51. The molecule has 0 bridgehead atoms. The second-order valence-corrected chi connectivity index (χ2v) is 16.6. The van der Waals surface area contributed by atoms with Crippen LogP contribution in [-0.2, 0) is 18.4 Å². The molecule has 12 nitrogen and oxygen atoms in total. The van der Waals surface area contributed by atoms with Gasteiger partial charge in [-0.05, 0) is 12.8 Å². The molecule has 0 saturated heterocycles. The van der Waals surface area contributed by atoms with Crippen molar-refractivity contribution in [1.82, 2.24) is 5.32 Å². The third-order valence-corrected chi connectivity index (χ3v) is 11.4. The Hall–Kier alpha value is -0.660. The van der Waals surface area contributed by atoms with Gasteiger partial charge in [-0.3, -0.25) is 13.8 Å². The van der Waals surface area contributed by atoms with Crippen LogP contribution in [0.25, 0.3) is 0 Å². The zero-order valence-electron chi connectivity index (χ0n) is 32.6. The SMILES string of the molecule is CCCCCCCCCCCCCCCCC[C@@H](O)[C@H](COP(=O)(O)OC1C(O)C(O)C(O)[C@@H](O)C1O)NC(=O)CCCCCCCCCCCC. The lowest BCUT2D eigenvalue weighted by molar-refractivity contribution is -0.220. The molecule has 0 heterocycles. The summed E-state index contributed by atoms with van der Waals surface area (Å²) in [7, 11) is -5.04. The summed E-state index contributed by atoms with van der Waals surface area (Å²) in [4.78, 5) is 23.2. The molecule has 1 fully saturated rings. The first-order valence-corrected chi connectivity index (χ1v) is 22.5. The highest BCUT2D eigenvalue weighted by molar-refractivity contribution is 7.47. The van der Waals surface area contributed by atoms with E-state index in [-0.39, 0.29) is 12.3 Å². The Balaban J connectivity index is 2.51. The van der Waals surface area contributed by atoms with Gasteiger partial charge in [-0.1, -0.05) is 168 Å². The maximum Gasteiger partial charge on any atom is 0.472 e. The van der Waals surface area contributed by atoms with Gasteiger partial charge in [-0.2, -0.15) is 0 Å². The van der Waals surface area contributed by atoms with Gasteiger partial charge in [0, 0.05) is 6.42 Å². The van der Waals surface area contributed by atoms with Crippen LogP contribution in [0.15, 0.2) is 0 Å². The van der Waals surface area contributed by atoms with Crippen molar-refractivity contribution in [2.24, 2.45) is 0 Å². The Morgan fingerprint density at radius 1 is 0.577 bits per heavy atom. The molecule has 1 aliphatic carbocycles. The van der Waals surface area contributed by atoms with Gasteiger partial charge >= 0.3 is 7.82 Å². The maximum absolute atomic E-state index is 12.9. The second kappa shape index (κ2) is 30.5. The smallest absolute Gasteiger partial charge is 0.391 e. The average molecular weight is 768 g/mol. The van der Waals surface area contributed by atoms with Crippen molar-refractivity contribution in [1.29, 1.82) is 0 Å². The van der Waals surface area contributed by atoms with E-state index < -0.39 is 63.2 Å². The van der Waals surface area contributed by atoms with E-state index in [0.717, 1.165) is 38.5 Å². The van der Waals surface area contributed by atoms with Crippen molar-refractivity contribution < 1.29 is 53.9 Å². The number of hydrogen-bond acceptors (Lipinski definition) is 10. The molecule has 0 aromatic heterocycles. The Bertz CT molecular complexity index is 900. The number of carbonyl (C=O) groups excluding carboxylic acids is 1. The average Bonchev–Trinajstić information content (AvgIpc) is 3.12. The predicted octanol–water partition coefficient (Wildman–Crippen LogP) is 6.72. The summed E-state index contributed by atoms with van der Waals surface area (Å²) >= 11 is 0. The number of unbranched alkanes of at least 4 members (excludes halogenated alkanes) is 23. The van der Waals surface area contributed by atoms with Crippen molar-refractivity contribution in [2.75, 3.05) is 6.61 Å². The highest BCUT2D eigenvalue weighted by Crippen LogP contribution is 2.47. The van der Waals surface area contributed by atoms with Crippen LogP contribution in [0.4, 0.5) is 0 Å². The van der Waals surface area contributed by atoms with E-state index >= 15 is 0 Å². The van der Waals surface area contributed by atoms with Crippen molar-refractivity contribution >= 4 is 13.7 Å². The molecule has 9 atom stereocenters. The zero-order valence-corrected chi connectivity index (χ0v) is 33.5. The molecule has 1 amide bonds. The molecule has 1 rings (SSSR count). The van der Waals surface area contributed by atoms with E-state index in [1.807, 2.05) is 0 Å². The van der Waals surface area contributed by atoms with Crippen LogP contribution < -0.4 is 5.32 Å². The molecule has 310 valence electrons. The van der Waals surface area contributed by atoms with Crippen LogP contribution in [-0.4, -0.2) is 96.8 Å². The normalized spacial score (nSPS) is 24.4. The Kier molecular flexibility index (Phi) is 29.0. The van der Waals surface area contributed by atoms with Gasteiger partial charge in [0.15, 0.2) is 0 Å². The Morgan fingerprint density at radius 3 is 1.33 bits per heavy atom.